The number of hydrogen-bond acceptors (Lipinski definition) is 3. The van der Waals surface area contributed by atoms with Gasteiger partial charge in [-0.1, -0.05) is 0 Å². The molecule has 0 fully saturated rings. The number of anilines is 1. The Morgan fingerprint density at radius 1 is 1.46 bits per heavy atom. The minimum absolute atomic E-state index is 0.0744. The Morgan fingerprint density at radius 3 is 2.92 bits per heavy atom. The molecule has 1 aromatic heterocycles. The molecular formula is C9H6FNOS. The number of rotatable bonds is 1. The average Bonchev–Trinajstić information content (AvgIpc) is 2.47. The van der Waals surface area contributed by atoms with Gasteiger partial charge in [-0.3, -0.25) is 4.79 Å². The zero-order chi connectivity index (χ0) is 9.42. The molecule has 2 N–H and O–H groups in total. The van der Waals surface area contributed by atoms with Crippen molar-refractivity contribution in [2.75, 3.05) is 5.73 Å². The number of aldehydes is 1. The van der Waals surface area contributed by atoms with Crippen LogP contribution >= 0.6 is 11.3 Å². The van der Waals surface area contributed by atoms with E-state index < -0.39 is 5.82 Å². The Kier molecular flexibility index (Phi) is 1.77. The molecule has 0 aliphatic heterocycles. The van der Waals surface area contributed by atoms with E-state index in [9.17, 15) is 9.18 Å². The monoisotopic (exact) mass is 195 g/mol. The molecule has 4 heteroatoms. The first-order valence-corrected chi connectivity index (χ1v) is 4.46. The molecule has 0 amide bonds. The van der Waals surface area contributed by atoms with Crippen molar-refractivity contribution >= 4 is 32.7 Å². The highest BCUT2D eigenvalue weighted by Gasteiger charge is 2.08. The molecule has 2 rings (SSSR count). The zero-order valence-electron chi connectivity index (χ0n) is 6.58. The van der Waals surface area contributed by atoms with Gasteiger partial charge in [0.05, 0.1) is 10.6 Å². The lowest BCUT2D eigenvalue weighted by atomic mass is 10.2. The van der Waals surface area contributed by atoms with Gasteiger partial charge in [-0.2, -0.15) is 0 Å². The molecule has 0 aliphatic rings. The zero-order valence-corrected chi connectivity index (χ0v) is 7.40. The van der Waals surface area contributed by atoms with Crippen LogP contribution in [-0.2, 0) is 0 Å². The largest absolute Gasteiger partial charge is 0.391 e. The highest BCUT2D eigenvalue weighted by Crippen LogP contribution is 2.30. The molecule has 0 bridgehead atoms. The van der Waals surface area contributed by atoms with Crippen LogP contribution in [0.5, 0.6) is 0 Å². The lowest BCUT2D eigenvalue weighted by Gasteiger charge is -1.94. The summed E-state index contributed by atoms with van der Waals surface area (Å²) in [6, 6.07) is 4.70. The number of halogens is 1. The second-order valence-electron chi connectivity index (χ2n) is 2.65. The molecule has 0 saturated carbocycles. The summed E-state index contributed by atoms with van der Waals surface area (Å²) in [5, 5.41) is 0.976. The average molecular weight is 195 g/mol. The van der Waals surface area contributed by atoms with Crippen LogP contribution in [-0.4, -0.2) is 6.29 Å². The molecule has 0 aliphatic carbocycles. The van der Waals surface area contributed by atoms with Crippen LogP contribution in [0, 0.1) is 5.82 Å². The number of benzene rings is 1. The van der Waals surface area contributed by atoms with E-state index in [1.165, 1.54) is 17.4 Å². The van der Waals surface area contributed by atoms with E-state index in [-0.39, 0.29) is 5.56 Å². The number of fused-ring (bicyclic) bond motifs is 1. The van der Waals surface area contributed by atoms with Crippen molar-refractivity contribution in [1.29, 1.82) is 0 Å². The van der Waals surface area contributed by atoms with E-state index in [0.717, 1.165) is 4.70 Å². The molecule has 0 saturated heterocycles. The van der Waals surface area contributed by atoms with E-state index >= 15 is 0 Å². The summed E-state index contributed by atoms with van der Waals surface area (Å²) in [6.45, 7) is 0. The van der Waals surface area contributed by atoms with Gasteiger partial charge in [0, 0.05) is 10.1 Å². The molecule has 1 aromatic carbocycles. The maximum Gasteiger partial charge on any atom is 0.153 e. The van der Waals surface area contributed by atoms with Crippen molar-refractivity contribution in [3.05, 3.63) is 29.6 Å². The van der Waals surface area contributed by atoms with Gasteiger partial charge < -0.3 is 5.73 Å². The molecule has 1 heterocycles. The number of nitrogens with two attached hydrogens (primary N) is 1. The minimum Gasteiger partial charge on any atom is -0.391 e. The second kappa shape index (κ2) is 2.81. The van der Waals surface area contributed by atoms with Gasteiger partial charge in [0.25, 0.3) is 0 Å². The summed E-state index contributed by atoms with van der Waals surface area (Å²) < 4.78 is 14.2. The van der Waals surface area contributed by atoms with E-state index in [1.807, 2.05) is 0 Å². The van der Waals surface area contributed by atoms with Crippen molar-refractivity contribution < 1.29 is 9.18 Å². The Morgan fingerprint density at radius 2 is 2.23 bits per heavy atom. The molecule has 2 aromatic rings. The summed E-state index contributed by atoms with van der Waals surface area (Å²) >= 11 is 1.31. The fourth-order valence-electron chi connectivity index (χ4n) is 1.21. The third-order valence-corrected chi connectivity index (χ3v) is 2.74. The predicted molar refractivity (Wildman–Crippen MR) is 51.6 cm³/mol. The van der Waals surface area contributed by atoms with Crippen molar-refractivity contribution in [3.8, 4) is 0 Å². The Balaban J connectivity index is 2.85. The van der Waals surface area contributed by atoms with Gasteiger partial charge in [0.1, 0.15) is 5.82 Å². The topological polar surface area (TPSA) is 43.1 Å². The summed E-state index contributed by atoms with van der Waals surface area (Å²) in [5.41, 5.74) is 5.59. The van der Waals surface area contributed by atoms with Crippen molar-refractivity contribution in [2.24, 2.45) is 0 Å². The second-order valence-corrected chi connectivity index (χ2v) is 3.76. The minimum atomic E-state index is -0.486. The molecule has 2 nitrogen and oxygen atoms in total. The van der Waals surface area contributed by atoms with Gasteiger partial charge in [0.15, 0.2) is 6.29 Å². The van der Waals surface area contributed by atoms with Gasteiger partial charge in [-0.05, 0) is 18.2 Å². The van der Waals surface area contributed by atoms with Crippen LogP contribution in [0.15, 0.2) is 18.2 Å². The quantitative estimate of drug-likeness (QED) is 0.710. The van der Waals surface area contributed by atoms with E-state index in [0.29, 0.717) is 16.7 Å². The lowest BCUT2D eigenvalue weighted by Crippen LogP contribution is -1.86. The Labute approximate surface area is 77.8 Å². The van der Waals surface area contributed by atoms with Gasteiger partial charge >= 0.3 is 0 Å². The predicted octanol–water partition coefficient (Wildman–Crippen LogP) is 2.44. The van der Waals surface area contributed by atoms with E-state index in [4.69, 9.17) is 5.73 Å². The Hall–Kier alpha value is -1.42. The van der Waals surface area contributed by atoms with Crippen LogP contribution < -0.4 is 5.73 Å². The maximum atomic E-state index is 13.4. The summed E-state index contributed by atoms with van der Waals surface area (Å²) in [6.07, 6.45) is 0.503. The highest BCUT2D eigenvalue weighted by molar-refractivity contribution is 7.22. The molecular weight excluding hydrogens is 189 g/mol. The molecule has 66 valence electrons. The molecule has 0 spiro atoms. The van der Waals surface area contributed by atoms with Crippen molar-refractivity contribution in [3.63, 3.8) is 0 Å². The molecule has 0 unspecified atom stereocenters. The van der Waals surface area contributed by atoms with Gasteiger partial charge in [-0.15, -0.1) is 11.3 Å². The smallest absolute Gasteiger partial charge is 0.153 e. The van der Waals surface area contributed by atoms with Crippen LogP contribution in [0.25, 0.3) is 10.1 Å². The first-order chi connectivity index (χ1) is 6.22. The SMILES string of the molecule is Nc1cc2c(F)c(C=O)ccc2s1. The molecule has 0 atom stereocenters. The summed E-state index contributed by atoms with van der Waals surface area (Å²) in [7, 11) is 0. The Bertz CT molecular complexity index is 478. The number of nitrogen functional groups attached to an aromatic ring is 1. The van der Waals surface area contributed by atoms with Gasteiger partial charge in [0.2, 0.25) is 0 Å². The first kappa shape index (κ1) is 8.19. The van der Waals surface area contributed by atoms with Crippen LogP contribution in [0.4, 0.5) is 9.39 Å². The van der Waals surface area contributed by atoms with Crippen LogP contribution in [0.2, 0.25) is 0 Å². The summed E-state index contributed by atoms with van der Waals surface area (Å²) in [4.78, 5) is 10.4. The summed E-state index contributed by atoms with van der Waals surface area (Å²) in [5.74, 6) is -0.486. The lowest BCUT2D eigenvalue weighted by molar-refractivity contribution is 0.112. The first-order valence-electron chi connectivity index (χ1n) is 3.65. The normalized spacial score (nSPS) is 10.5. The number of hydrogen-bond donors (Lipinski definition) is 1. The standard InChI is InChI=1S/C9H6FNOS/c10-9-5(4-12)1-2-7-6(9)3-8(11)13-7/h1-4H,11H2. The van der Waals surface area contributed by atoms with E-state index in [1.54, 1.807) is 12.1 Å². The third-order valence-electron chi connectivity index (χ3n) is 1.81. The fourth-order valence-corrected chi connectivity index (χ4v) is 2.03. The number of carbonyl (C=O) groups is 1. The van der Waals surface area contributed by atoms with Crippen molar-refractivity contribution in [1.82, 2.24) is 0 Å². The maximum absolute atomic E-state index is 13.4. The van der Waals surface area contributed by atoms with Crippen LogP contribution in [0.1, 0.15) is 10.4 Å². The van der Waals surface area contributed by atoms with Crippen molar-refractivity contribution in [2.45, 2.75) is 0 Å². The third kappa shape index (κ3) is 1.19. The van der Waals surface area contributed by atoms with Gasteiger partial charge in [-0.25, -0.2) is 4.39 Å². The van der Waals surface area contributed by atoms with Crippen LogP contribution in [0.3, 0.4) is 0 Å². The number of thiophene rings is 1. The molecule has 0 radical (unpaired) electrons. The number of carbonyl (C=O) groups excluding carboxylic acids is 1. The fraction of sp³-hybridized carbons (Fsp3) is 0. The highest BCUT2D eigenvalue weighted by atomic mass is 32.1. The van der Waals surface area contributed by atoms with E-state index in [2.05, 4.69) is 0 Å². The molecule has 13 heavy (non-hydrogen) atoms.